The Bertz CT molecular complexity index is 154. The van der Waals surface area contributed by atoms with Crippen molar-refractivity contribution in [2.45, 2.75) is 26.7 Å². The minimum absolute atomic E-state index is 0.367. The third-order valence-electron chi connectivity index (χ3n) is 1.50. The molecule has 0 aliphatic rings. The summed E-state index contributed by atoms with van der Waals surface area (Å²) in [7, 11) is 0. The molecule has 0 radical (unpaired) electrons. The second kappa shape index (κ2) is 6.64. The third-order valence-corrected chi connectivity index (χ3v) is 2.56. The minimum Gasteiger partial charge on any atom is -0.411 e. The van der Waals surface area contributed by atoms with Gasteiger partial charge in [-0.25, -0.2) is 0 Å². The fourth-order valence-electron chi connectivity index (χ4n) is 0.698. The minimum atomic E-state index is 0.367. The molecule has 0 aromatic carbocycles. The quantitative estimate of drug-likeness (QED) is 0.361. The van der Waals surface area contributed by atoms with Crippen LogP contribution < -0.4 is 0 Å². The maximum absolute atomic E-state index is 8.21. The van der Waals surface area contributed by atoms with Gasteiger partial charge in [-0.3, -0.25) is 0 Å². The molecule has 0 amide bonds. The van der Waals surface area contributed by atoms with E-state index in [2.05, 4.69) is 38.8 Å². The number of rotatable bonds is 4. The first-order valence-corrected chi connectivity index (χ1v) is 4.88. The van der Waals surface area contributed by atoms with Crippen molar-refractivity contribution >= 4 is 28.8 Å². The lowest BCUT2D eigenvalue weighted by Crippen LogP contribution is -1.95. The highest BCUT2D eigenvalue weighted by molar-refractivity contribution is 14.1. The molecule has 0 bridgehead atoms. The first kappa shape index (κ1) is 10.9. The molecule has 0 aromatic heterocycles. The predicted molar refractivity (Wildman–Crippen MR) is 56.5 cm³/mol. The lowest BCUT2D eigenvalue weighted by molar-refractivity contribution is 0.318. The summed E-state index contributed by atoms with van der Waals surface area (Å²) in [5, 5.41) is 11.2. The number of halogens is 1. The molecule has 1 atom stereocenters. The molecular formula is C8H14INO. The lowest BCUT2D eigenvalue weighted by atomic mass is 10.0. The van der Waals surface area contributed by atoms with Gasteiger partial charge in [-0.15, -0.1) is 5.16 Å². The smallest absolute Gasteiger partial charge is 0.0464 e. The van der Waals surface area contributed by atoms with Crippen molar-refractivity contribution in [3.63, 3.8) is 0 Å². The van der Waals surface area contributed by atoms with Crippen LogP contribution in [0.2, 0.25) is 0 Å². The van der Waals surface area contributed by atoms with Crippen molar-refractivity contribution in [1.82, 2.24) is 0 Å². The van der Waals surface area contributed by atoms with Gasteiger partial charge in [0.05, 0.1) is 0 Å². The molecule has 2 nitrogen and oxygen atoms in total. The molecule has 0 saturated carbocycles. The van der Waals surface area contributed by atoms with Gasteiger partial charge in [0.25, 0.3) is 0 Å². The largest absolute Gasteiger partial charge is 0.411 e. The molecule has 0 aliphatic heterocycles. The fraction of sp³-hybridized carbons (Fsp3) is 0.625. The average molecular weight is 267 g/mol. The summed E-state index contributed by atoms with van der Waals surface area (Å²) in [6.45, 7) is 4.15. The summed E-state index contributed by atoms with van der Waals surface area (Å²) in [5.74, 6) is 0.367. The van der Waals surface area contributed by atoms with Crippen LogP contribution >= 0.6 is 22.6 Å². The van der Waals surface area contributed by atoms with Gasteiger partial charge < -0.3 is 5.21 Å². The normalized spacial score (nSPS) is 15.7. The van der Waals surface area contributed by atoms with Gasteiger partial charge in [0.2, 0.25) is 0 Å². The highest BCUT2D eigenvalue weighted by Crippen LogP contribution is 2.11. The molecule has 64 valence electrons. The second-order valence-electron chi connectivity index (χ2n) is 2.74. The molecular weight excluding hydrogens is 253 g/mol. The molecule has 0 rings (SSSR count). The van der Waals surface area contributed by atoms with Crippen molar-refractivity contribution in [1.29, 1.82) is 0 Å². The summed E-state index contributed by atoms with van der Waals surface area (Å²) in [6, 6.07) is 0. The summed E-state index contributed by atoms with van der Waals surface area (Å²) in [6.07, 6.45) is 3.70. The standard InChI is InChI=1S/C8H14INO/c1-7(5-9)3-4-8(2)6-10-11/h5-6,8,11H,3-4H2,1-2H3/b7-5+,10-6+. The average Bonchev–Trinajstić information content (AvgIpc) is 2.01. The van der Waals surface area contributed by atoms with Gasteiger partial charge in [0.15, 0.2) is 0 Å². The summed E-state index contributed by atoms with van der Waals surface area (Å²) >= 11 is 2.24. The predicted octanol–water partition coefficient (Wildman–Crippen LogP) is 3.20. The van der Waals surface area contributed by atoms with Crippen LogP contribution in [0.15, 0.2) is 14.8 Å². The number of allylic oxidation sites excluding steroid dienone is 1. The summed E-state index contributed by atoms with van der Waals surface area (Å²) in [4.78, 5) is 0. The van der Waals surface area contributed by atoms with Gasteiger partial charge in [0.1, 0.15) is 0 Å². The van der Waals surface area contributed by atoms with Crippen molar-refractivity contribution in [3.05, 3.63) is 9.66 Å². The van der Waals surface area contributed by atoms with Crippen molar-refractivity contribution < 1.29 is 5.21 Å². The Balaban J connectivity index is 3.53. The van der Waals surface area contributed by atoms with Crippen LogP contribution in [-0.4, -0.2) is 11.4 Å². The number of nitrogens with zero attached hydrogens (tertiary/aromatic N) is 1. The van der Waals surface area contributed by atoms with Gasteiger partial charge in [0, 0.05) is 6.21 Å². The molecule has 0 aliphatic carbocycles. The number of hydrogen-bond acceptors (Lipinski definition) is 2. The zero-order chi connectivity index (χ0) is 8.69. The molecule has 11 heavy (non-hydrogen) atoms. The first-order valence-electron chi connectivity index (χ1n) is 3.64. The highest BCUT2D eigenvalue weighted by atomic mass is 127. The van der Waals surface area contributed by atoms with Crippen LogP contribution in [-0.2, 0) is 0 Å². The molecule has 0 spiro atoms. The molecule has 0 fully saturated rings. The molecule has 0 heterocycles. The molecule has 3 heteroatoms. The van der Waals surface area contributed by atoms with Gasteiger partial charge in [-0.05, 0) is 29.8 Å². The van der Waals surface area contributed by atoms with E-state index in [1.807, 2.05) is 6.92 Å². The summed E-state index contributed by atoms with van der Waals surface area (Å²) < 4.78 is 2.08. The third kappa shape index (κ3) is 6.34. The van der Waals surface area contributed by atoms with E-state index in [9.17, 15) is 0 Å². The topological polar surface area (TPSA) is 32.6 Å². The van der Waals surface area contributed by atoms with E-state index in [1.54, 1.807) is 6.21 Å². The SMILES string of the molecule is C/C(=C\I)CCC(C)/C=N/O. The zero-order valence-electron chi connectivity index (χ0n) is 6.92. The molecule has 1 unspecified atom stereocenters. The van der Waals surface area contributed by atoms with E-state index in [-0.39, 0.29) is 0 Å². The van der Waals surface area contributed by atoms with Gasteiger partial charge >= 0.3 is 0 Å². The Hall–Kier alpha value is -0.0600. The first-order chi connectivity index (χ1) is 5.20. The van der Waals surface area contributed by atoms with Crippen molar-refractivity contribution in [2.24, 2.45) is 11.1 Å². The Labute approximate surface area is 81.5 Å². The van der Waals surface area contributed by atoms with Gasteiger partial charge in [-0.1, -0.05) is 35.1 Å². The Morgan fingerprint density at radius 1 is 1.73 bits per heavy atom. The van der Waals surface area contributed by atoms with Crippen LogP contribution in [0.5, 0.6) is 0 Å². The van der Waals surface area contributed by atoms with Gasteiger partial charge in [-0.2, -0.15) is 0 Å². The van der Waals surface area contributed by atoms with E-state index >= 15 is 0 Å². The van der Waals surface area contributed by atoms with E-state index < -0.39 is 0 Å². The van der Waals surface area contributed by atoms with Crippen LogP contribution in [0.3, 0.4) is 0 Å². The van der Waals surface area contributed by atoms with E-state index in [1.165, 1.54) is 5.57 Å². The van der Waals surface area contributed by atoms with Crippen molar-refractivity contribution in [2.75, 3.05) is 0 Å². The van der Waals surface area contributed by atoms with Crippen LogP contribution in [0, 0.1) is 5.92 Å². The molecule has 0 saturated heterocycles. The van der Waals surface area contributed by atoms with E-state index in [0.717, 1.165) is 12.8 Å². The Kier molecular flexibility index (Phi) is 6.60. The Morgan fingerprint density at radius 3 is 2.82 bits per heavy atom. The number of hydrogen-bond donors (Lipinski definition) is 1. The van der Waals surface area contributed by atoms with Crippen LogP contribution in [0.4, 0.5) is 0 Å². The summed E-state index contributed by atoms with van der Waals surface area (Å²) in [5.41, 5.74) is 1.38. The maximum atomic E-state index is 8.21. The monoisotopic (exact) mass is 267 g/mol. The highest BCUT2D eigenvalue weighted by Gasteiger charge is 1.97. The lowest BCUT2D eigenvalue weighted by Gasteiger charge is -2.03. The molecule has 0 aromatic rings. The van der Waals surface area contributed by atoms with E-state index in [4.69, 9.17) is 5.21 Å². The fourth-order valence-corrected chi connectivity index (χ4v) is 1.01. The number of oxime groups is 1. The zero-order valence-corrected chi connectivity index (χ0v) is 9.08. The van der Waals surface area contributed by atoms with Crippen molar-refractivity contribution in [3.8, 4) is 0 Å². The Morgan fingerprint density at radius 2 is 2.36 bits per heavy atom. The van der Waals surface area contributed by atoms with Crippen LogP contribution in [0.25, 0.3) is 0 Å². The van der Waals surface area contributed by atoms with Crippen LogP contribution in [0.1, 0.15) is 26.7 Å². The van der Waals surface area contributed by atoms with E-state index in [0.29, 0.717) is 5.92 Å². The maximum Gasteiger partial charge on any atom is 0.0464 e. The second-order valence-corrected chi connectivity index (χ2v) is 3.36. The molecule has 1 N–H and O–H groups in total.